The van der Waals surface area contributed by atoms with E-state index in [0.717, 1.165) is 62.4 Å². The number of hydrogen-bond acceptors (Lipinski definition) is 5. The zero-order valence-electron chi connectivity index (χ0n) is 15.5. The van der Waals surface area contributed by atoms with Crippen LogP contribution in [0.1, 0.15) is 12.1 Å². The fourth-order valence-electron chi connectivity index (χ4n) is 3.65. The molecule has 27 heavy (non-hydrogen) atoms. The number of piperazine rings is 1. The lowest BCUT2D eigenvalue weighted by atomic mass is 10.1. The first-order chi connectivity index (χ1) is 13.2. The molecule has 0 N–H and O–H groups in total. The summed E-state index contributed by atoms with van der Waals surface area (Å²) in [6, 6.07) is 12.8. The Labute approximate surface area is 158 Å². The fraction of sp³-hybridized carbons (Fsp3) is 0.381. The van der Waals surface area contributed by atoms with Gasteiger partial charge in [0.05, 0.1) is 12.8 Å². The van der Waals surface area contributed by atoms with Gasteiger partial charge in [-0.1, -0.05) is 11.2 Å². The molecular formula is C21H24FN3O2. The number of aryl methyl sites for hydroxylation is 1. The highest BCUT2D eigenvalue weighted by atomic mass is 19.1. The highest BCUT2D eigenvalue weighted by Gasteiger charge is 2.17. The minimum atomic E-state index is -0.292. The third-order valence-electron chi connectivity index (χ3n) is 5.19. The van der Waals surface area contributed by atoms with Crippen LogP contribution in [0.15, 0.2) is 47.0 Å². The molecule has 0 amide bonds. The molecule has 142 valence electrons. The van der Waals surface area contributed by atoms with Gasteiger partial charge in [0, 0.05) is 49.4 Å². The van der Waals surface area contributed by atoms with E-state index in [1.54, 1.807) is 13.2 Å². The van der Waals surface area contributed by atoms with E-state index < -0.39 is 0 Å². The van der Waals surface area contributed by atoms with Gasteiger partial charge in [-0.05, 0) is 43.7 Å². The zero-order valence-corrected chi connectivity index (χ0v) is 15.5. The van der Waals surface area contributed by atoms with Gasteiger partial charge in [0.1, 0.15) is 11.6 Å². The maximum Gasteiger partial charge on any atom is 0.170 e. The number of hydrogen-bond donors (Lipinski definition) is 0. The number of fused-ring (bicyclic) bond motifs is 1. The lowest BCUT2D eigenvalue weighted by Crippen LogP contribution is -2.46. The summed E-state index contributed by atoms with van der Waals surface area (Å²) in [5.74, 6) is 0.605. The molecule has 0 aliphatic carbocycles. The van der Waals surface area contributed by atoms with Gasteiger partial charge >= 0.3 is 0 Å². The molecule has 0 spiro atoms. The first kappa shape index (κ1) is 17.8. The van der Waals surface area contributed by atoms with Crippen LogP contribution in [0.4, 0.5) is 10.1 Å². The van der Waals surface area contributed by atoms with Gasteiger partial charge in [-0.3, -0.25) is 4.90 Å². The number of anilines is 1. The van der Waals surface area contributed by atoms with Crippen LogP contribution in [0.3, 0.4) is 0 Å². The highest BCUT2D eigenvalue weighted by molar-refractivity contribution is 5.79. The van der Waals surface area contributed by atoms with Gasteiger partial charge in [-0.2, -0.15) is 0 Å². The molecule has 2 heterocycles. The van der Waals surface area contributed by atoms with E-state index in [1.807, 2.05) is 12.1 Å². The average Bonchev–Trinajstić information content (AvgIpc) is 3.10. The van der Waals surface area contributed by atoms with Crippen molar-refractivity contribution in [3.8, 4) is 5.75 Å². The molecule has 0 saturated carbocycles. The maximum atomic E-state index is 13.2. The minimum Gasteiger partial charge on any atom is -0.497 e. The smallest absolute Gasteiger partial charge is 0.170 e. The third-order valence-corrected chi connectivity index (χ3v) is 5.19. The van der Waals surface area contributed by atoms with Crippen molar-refractivity contribution in [3.63, 3.8) is 0 Å². The molecule has 1 aliphatic heterocycles. The molecule has 6 heteroatoms. The summed E-state index contributed by atoms with van der Waals surface area (Å²) in [6.07, 6.45) is 1.85. The van der Waals surface area contributed by atoms with Gasteiger partial charge in [0.25, 0.3) is 0 Å². The van der Waals surface area contributed by atoms with Gasteiger partial charge in [-0.25, -0.2) is 4.39 Å². The average molecular weight is 369 g/mol. The van der Waals surface area contributed by atoms with E-state index >= 15 is 0 Å². The third kappa shape index (κ3) is 4.06. The van der Waals surface area contributed by atoms with E-state index in [9.17, 15) is 4.39 Å². The molecule has 2 aromatic carbocycles. The van der Waals surface area contributed by atoms with Crippen LogP contribution in [-0.2, 0) is 6.42 Å². The highest BCUT2D eigenvalue weighted by Crippen LogP contribution is 2.23. The van der Waals surface area contributed by atoms with Gasteiger partial charge in [0.15, 0.2) is 5.58 Å². The van der Waals surface area contributed by atoms with Gasteiger partial charge in [0.2, 0.25) is 0 Å². The SMILES string of the molecule is COc1cccc(N2CCN(CCCc3noc4cc(F)ccc34)CC2)c1. The summed E-state index contributed by atoms with van der Waals surface area (Å²) in [4.78, 5) is 4.89. The number of halogens is 1. The predicted molar refractivity (Wildman–Crippen MR) is 104 cm³/mol. The Morgan fingerprint density at radius 1 is 1.11 bits per heavy atom. The van der Waals surface area contributed by atoms with Crippen LogP contribution in [0, 0.1) is 5.82 Å². The Hall–Kier alpha value is -2.60. The Morgan fingerprint density at radius 3 is 2.78 bits per heavy atom. The van der Waals surface area contributed by atoms with Crippen LogP contribution in [0.5, 0.6) is 5.75 Å². The standard InChI is InChI=1S/C21H24FN3O2/c1-26-18-5-2-4-17(15-18)25-12-10-24(11-13-25)9-3-6-20-19-8-7-16(22)14-21(19)27-23-20/h2,4-5,7-8,14-15H,3,6,9-13H2,1H3. The zero-order chi connectivity index (χ0) is 18.6. The number of rotatable bonds is 6. The van der Waals surface area contributed by atoms with Crippen molar-refractivity contribution in [1.82, 2.24) is 10.1 Å². The van der Waals surface area contributed by atoms with Crippen molar-refractivity contribution in [2.75, 3.05) is 44.7 Å². The summed E-state index contributed by atoms with van der Waals surface area (Å²) in [6.45, 7) is 5.14. The minimum absolute atomic E-state index is 0.292. The van der Waals surface area contributed by atoms with Crippen LogP contribution >= 0.6 is 0 Å². The Balaban J connectivity index is 1.27. The van der Waals surface area contributed by atoms with Crippen molar-refractivity contribution >= 4 is 16.7 Å². The summed E-state index contributed by atoms with van der Waals surface area (Å²) in [7, 11) is 1.70. The largest absolute Gasteiger partial charge is 0.497 e. The molecule has 0 unspecified atom stereocenters. The van der Waals surface area contributed by atoms with Crippen LogP contribution in [-0.4, -0.2) is 49.9 Å². The normalized spacial score (nSPS) is 15.4. The van der Waals surface area contributed by atoms with Crippen LogP contribution < -0.4 is 9.64 Å². The molecule has 1 aliphatic rings. The monoisotopic (exact) mass is 369 g/mol. The lowest BCUT2D eigenvalue weighted by Gasteiger charge is -2.36. The van der Waals surface area contributed by atoms with Gasteiger partial charge in [-0.15, -0.1) is 0 Å². The molecule has 4 rings (SSSR count). The van der Waals surface area contributed by atoms with E-state index in [2.05, 4.69) is 27.1 Å². The number of nitrogens with zero attached hydrogens (tertiary/aromatic N) is 3. The van der Waals surface area contributed by atoms with E-state index in [0.29, 0.717) is 5.58 Å². The molecule has 1 aromatic heterocycles. The predicted octanol–water partition coefficient (Wildman–Crippen LogP) is 3.73. The van der Waals surface area contributed by atoms with E-state index in [1.165, 1.54) is 17.8 Å². The second-order valence-electron chi connectivity index (χ2n) is 6.90. The Kier molecular flexibility index (Phi) is 5.25. The number of methoxy groups -OCH3 is 1. The van der Waals surface area contributed by atoms with E-state index in [-0.39, 0.29) is 5.82 Å². The Morgan fingerprint density at radius 2 is 1.96 bits per heavy atom. The molecule has 1 saturated heterocycles. The Bertz CT molecular complexity index is 903. The van der Waals surface area contributed by atoms with Crippen molar-refractivity contribution in [1.29, 1.82) is 0 Å². The summed E-state index contributed by atoms with van der Waals surface area (Å²) in [5, 5.41) is 5.02. The molecule has 0 radical (unpaired) electrons. The quantitative estimate of drug-likeness (QED) is 0.662. The molecule has 1 fully saturated rings. The second kappa shape index (κ2) is 7.96. The number of aromatic nitrogens is 1. The van der Waals surface area contributed by atoms with Crippen molar-refractivity contribution in [2.45, 2.75) is 12.8 Å². The first-order valence-corrected chi connectivity index (χ1v) is 9.38. The van der Waals surface area contributed by atoms with Crippen molar-refractivity contribution in [3.05, 3.63) is 54.0 Å². The first-order valence-electron chi connectivity index (χ1n) is 9.38. The van der Waals surface area contributed by atoms with Crippen molar-refractivity contribution < 1.29 is 13.7 Å². The molecular weight excluding hydrogens is 345 g/mol. The number of benzene rings is 2. The molecule has 0 atom stereocenters. The van der Waals surface area contributed by atoms with Gasteiger partial charge < -0.3 is 14.2 Å². The lowest BCUT2D eigenvalue weighted by molar-refractivity contribution is 0.254. The molecule has 3 aromatic rings. The summed E-state index contributed by atoms with van der Waals surface area (Å²) < 4.78 is 23.8. The summed E-state index contributed by atoms with van der Waals surface area (Å²) in [5.41, 5.74) is 2.66. The summed E-state index contributed by atoms with van der Waals surface area (Å²) >= 11 is 0. The van der Waals surface area contributed by atoms with Crippen LogP contribution in [0.25, 0.3) is 11.0 Å². The van der Waals surface area contributed by atoms with Crippen LogP contribution in [0.2, 0.25) is 0 Å². The number of ether oxygens (including phenoxy) is 1. The fourth-order valence-corrected chi connectivity index (χ4v) is 3.65. The molecule has 0 bridgehead atoms. The topological polar surface area (TPSA) is 41.7 Å². The second-order valence-corrected chi connectivity index (χ2v) is 6.90. The van der Waals surface area contributed by atoms with E-state index in [4.69, 9.17) is 9.26 Å². The maximum absolute atomic E-state index is 13.2. The molecule has 5 nitrogen and oxygen atoms in total. The van der Waals surface area contributed by atoms with Crippen molar-refractivity contribution in [2.24, 2.45) is 0 Å².